The van der Waals surface area contributed by atoms with Crippen LogP contribution in [0.4, 0.5) is 4.39 Å². The van der Waals surface area contributed by atoms with Crippen LogP contribution in [0.5, 0.6) is 5.75 Å². The lowest BCUT2D eigenvalue weighted by Gasteiger charge is -2.17. The average Bonchev–Trinajstić information content (AvgIpc) is 2.36. The van der Waals surface area contributed by atoms with Gasteiger partial charge in [0.25, 0.3) is 0 Å². The van der Waals surface area contributed by atoms with Crippen LogP contribution in [0, 0.1) is 5.82 Å². The Balaban J connectivity index is 3.31. The zero-order valence-corrected chi connectivity index (χ0v) is 11.7. The normalized spacial score (nSPS) is 12.4. The number of hydrogen-bond acceptors (Lipinski definition) is 2. The van der Waals surface area contributed by atoms with E-state index in [1.54, 1.807) is 6.92 Å². The van der Waals surface area contributed by atoms with Crippen LogP contribution in [0.25, 0.3) is 0 Å². The molecule has 0 aliphatic carbocycles. The highest BCUT2D eigenvalue weighted by Crippen LogP contribution is 2.35. The van der Waals surface area contributed by atoms with Crippen LogP contribution in [0.1, 0.15) is 67.4 Å². The Labute approximate surface area is 113 Å². The molecule has 0 aliphatic heterocycles. The van der Waals surface area contributed by atoms with Gasteiger partial charge in [0.05, 0.1) is 5.56 Å². The van der Waals surface area contributed by atoms with Crippen molar-refractivity contribution in [2.24, 2.45) is 0 Å². The van der Waals surface area contributed by atoms with Gasteiger partial charge in [0.2, 0.25) is 0 Å². The molecule has 0 saturated heterocycles. The van der Waals surface area contributed by atoms with Crippen molar-refractivity contribution in [3.8, 4) is 5.75 Å². The van der Waals surface area contributed by atoms with Crippen molar-refractivity contribution in [3.63, 3.8) is 0 Å². The van der Waals surface area contributed by atoms with Gasteiger partial charge in [0, 0.05) is 5.56 Å². The number of aromatic hydroxyl groups is 1. The Bertz CT molecular complexity index is 469. The number of phenols is 1. The van der Waals surface area contributed by atoms with E-state index in [9.17, 15) is 14.3 Å². The summed E-state index contributed by atoms with van der Waals surface area (Å²) in [7, 11) is 0. The molecule has 1 aromatic rings. The first-order valence-corrected chi connectivity index (χ1v) is 6.71. The fourth-order valence-electron chi connectivity index (χ4n) is 2.25. The van der Waals surface area contributed by atoms with Crippen molar-refractivity contribution in [1.29, 1.82) is 0 Å². The molecular formula is C15H21FO3. The third kappa shape index (κ3) is 3.25. The van der Waals surface area contributed by atoms with Crippen LogP contribution in [-0.2, 0) is 6.42 Å². The van der Waals surface area contributed by atoms with E-state index in [0.717, 1.165) is 19.3 Å². The molecule has 1 rings (SSSR count). The number of aromatic carboxylic acids is 1. The van der Waals surface area contributed by atoms with E-state index in [4.69, 9.17) is 5.11 Å². The second-order valence-electron chi connectivity index (χ2n) is 4.86. The largest absolute Gasteiger partial charge is 0.507 e. The third-order valence-corrected chi connectivity index (χ3v) is 3.47. The first-order chi connectivity index (χ1) is 8.93. The fourth-order valence-corrected chi connectivity index (χ4v) is 2.25. The van der Waals surface area contributed by atoms with Crippen molar-refractivity contribution in [3.05, 3.63) is 28.6 Å². The molecule has 0 heterocycles. The number of hydrogen-bond donors (Lipinski definition) is 2. The Morgan fingerprint density at radius 1 is 1.42 bits per heavy atom. The number of unbranched alkanes of at least 4 members (excludes halogenated alkanes) is 1. The van der Waals surface area contributed by atoms with Crippen molar-refractivity contribution in [2.45, 2.75) is 52.4 Å². The number of rotatable bonds is 6. The monoisotopic (exact) mass is 268 g/mol. The lowest BCUT2D eigenvalue weighted by Crippen LogP contribution is -2.08. The van der Waals surface area contributed by atoms with Crippen LogP contribution in [0.2, 0.25) is 0 Å². The highest BCUT2D eigenvalue weighted by molar-refractivity contribution is 5.89. The summed E-state index contributed by atoms with van der Waals surface area (Å²) in [5, 5.41) is 19.1. The number of carboxylic acid groups (broad SMARTS) is 1. The number of carboxylic acids is 1. The molecule has 1 unspecified atom stereocenters. The predicted molar refractivity (Wildman–Crippen MR) is 72.3 cm³/mol. The topological polar surface area (TPSA) is 57.5 Å². The van der Waals surface area contributed by atoms with Crippen LogP contribution >= 0.6 is 0 Å². The summed E-state index contributed by atoms with van der Waals surface area (Å²) < 4.78 is 13.9. The van der Waals surface area contributed by atoms with Gasteiger partial charge < -0.3 is 10.2 Å². The van der Waals surface area contributed by atoms with Crippen LogP contribution in [-0.4, -0.2) is 16.2 Å². The van der Waals surface area contributed by atoms with Crippen LogP contribution in [0.3, 0.4) is 0 Å². The predicted octanol–water partition coefficient (Wildman–Crippen LogP) is 4.09. The summed E-state index contributed by atoms with van der Waals surface area (Å²) in [6, 6.07) is 1.27. The summed E-state index contributed by atoms with van der Waals surface area (Å²) in [6.07, 6.45) is 3.13. The minimum atomic E-state index is -1.30. The van der Waals surface area contributed by atoms with Crippen molar-refractivity contribution in [1.82, 2.24) is 0 Å². The highest BCUT2D eigenvalue weighted by Gasteiger charge is 2.22. The van der Waals surface area contributed by atoms with Gasteiger partial charge in [-0.1, -0.05) is 33.6 Å². The second-order valence-corrected chi connectivity index (χ2v) is 4.86. The lowest BCUT2D eigenvalue weighted by atomic mass is 9.90. The van der Waals surface area contributed by atoms with E-state index in [1.165, 1.54) is 6.07 Å². The van der Waals surface area contributed by atoms with E-state index >= 15 is 0 Å². The highest BCUT2D eigenvalue weighted by atomic mass is 19.1. The molecule has 0 saturated carbocycles. The van der Waals surface area contributed by atoms with Gasteiger partial charge in [0.1, 0.15) is 11.6 Å². The van der Waals surface area contributed by atoms with Crippen molar-refractivity contribution >= 4 is 5.97 Å². The molecule has 0 bridgehead atoms. The van der Waals surface area contributed by atoms with E-state index in [-0.39, 0.29) is 29.2 Å². The Morgan fingerprint density at radius 2 is 2.05 bits per heavy atom. The molecule has 3 nitrogen and oxygen atoms in total. The second kappa shape index (κ2) is 6.55. The minimum Gasteiger partial charge on any atom is -0.507 e. The first kappa shape index (κ1) is 15.5. The smallest absolute Gasteiger partial charge is 0.338 e. The zero-order valence-electron chi connectivity index (χ0n) is 11.7. The van der Waals surface area contributed by atoms with E-state index in [2.05, 4.69) is 6.92 Å². The molecule has 0 spiro atoms. The number of halogens is 1. The molecule has 0 aromatic heterocycles. The summed E-state index contributed by atoms with van der Waals surface area (Å²) >= 11 is 0. The van der Waals surface area contributed by atoms with E-state index in [1.807, 2.05) is 6.92 Å². The van der Waals surface area contributed by atoms with Gasteiger partial charge >= 0.3 is 5.97 Å². The summed E-state index contributed by atoms with van der Waals surface area (Å²) in [5.41, 5.74) is 0.273. The van der Waals surface area contributed by atoms with E-state index < -0.39 is 11.8 Å². The number of benzene rings is 1. The molecule has 4 heteroatoms. The fraction of sp³-hybridized carbons (Fsp3) is 0.533. The molecule has 106 valence electrons. The molecule has 1 atom stereocenters. The quantitative estimate of drug-likeness (QED) is 0.817. The van der Waals surface area contributed by atoms with Gasteiger partial charge in [-0.05, 0) is 30.4 Å². The SMILES string of the molecule is CCCCC(C)c1cc(C(=O)O)c(F)c(CC)c1O. The van der Waals surface area contributed by atoms with Crippen LogP contribution < -0.4 is 0 Å². The molecule has 2 N–H and O–H groups in total. The third-order valence-electron chi connectivity index (χ3n) is 3.47. The molecule has 0 amide bonds. The maximum Gasteiger partial charge on any atom is 0.338 e. The Kier molecular flexibility index (Phi) is 5.33. The summed E-state index contributed by atoms with van der Waals surface area (Å²) in [4.78, 5) is 11.1. The summed E-state index contributed by atoms with van der Waals surface area (Å²) in [5.74, 6) is -2.19. The Morgan fingerprint density at radius 3 is 2.53 bits per heavy atom. The van der Waals surface area contributed by atoms with Crippen molar-refractivity contribution < 1.29 is 19.4 Å². The zero-order chi connectivity index (χ0) is 14.6. The molecule has 0 fully saturated rings. The van der Waals surface area contributed by atoms with Gasteiger partial charge in [-0.3, -0.25) is 0 Å². The average molecular weight is 268 g/mol. The van der Waals surface area contributed by atoms with Gasteiger partial charge in [0.15, 0.2) is 0 Å². The maximum absolute atomic E-state index is 13.9. The summed E-state index contributed by atoms with van der Waals surface area (Å²) in [6.45, 7) is 5.69. The standard InChI is InChI=1S/C15H21FO3/c1-4-6-7-9(3)11-8-12(15(18)19)13(16)10(5-2)14(11)17/h8-9,17H,4-7H2,1-3H3,(H,18,19). The molecular weight excluding hydrogens is 247 g/mol. The van der Waals surface area contributed by atoms with E-state index in [0.29, 0.717) is 5.56 Å². The van der Waals surface area contributed by atoms with Crippen molar-refractivity contribution in [2.75, 3.05) is 0 Å². The molecule has 0 aliphatic rings. The molecule has 1 aromatic carbocycles. The van der Waals surface area contributed by atoms with Gasteiger partial charge in [-0.2, -0.15) is 0 Å². The molecule has 0 radical (unpaired) electrons. The molecule has 19 heavy (non-hydrogen) atoms. The lowest BCUT2D eigenvalue weighted by molar-refractivity contribution is 0.0691. The Hall–Kier alpha value is -1.58. The first-order valence-electron chi connectivity index (χ1n) is 6.71. The number of phenolic OH excluding ortho intramolecular Hbond substituents is 1. The van der Waals surface area contributed by atoms with Gasteiger partial charge in [-0.15, -0.1) is 0 Å². The number of carbonyl (C=O) groups is 1. The minimum absolute atomic E-state index is 0.0175. The van der Waals surface area contributed by atoms with Crippen LogP contribution in [0.15, 0.2) is 6.07 Å². The van der Waals surface area contributed by atoms with Gasteiger partial charge in [-0.25, -0.2) is 9.18 Å². The maximum atomic E-state index is 13.9.